The molecule has 0 bridgehead atoms. The minimum absolute atomic E-state index is 0.183. The molecule has 0 saturated carbocycles. The summed E-state index contributed by atoms with van der Waals surface area (Å²) in [6.45, 7) is 16.0. The standard InChI is InChI=1S/C12H27NOSi/c1-11(2)9-8-10-12(3,4)13(11)14-15(5,6)7/h8-10H2,1-7H3. The van der Waals surface area contributed by atoms with Gasteiger partial charge >= 0.3 is 0 Å². The maximum Gasteiger partial charge on any atom is 0.212 e. The number of hydrogen-bond donors (Lipinski definition) is 0. The molecular formula is C12H27NOSi. The topological polar surface area (TPSA) is 12.5 Å². The van der Waals surface area contributed by atoms with Crippen molar-refractivity contribution in [3.8, 4) is 0 Å². The molecule has 0 aromatic heterocycles. The predicted molar refractivity (Wildman–Crippen MR) is 68.3 cm³/mol. The van der Waals surface area contributed by atoms with Gasteiger partial charge in [-0.3, -0.25) is 0 Å². The zero-order valence-corrected chi connectivity index (χ0v) is 12.5. The molecular weight excluding hydrogens is 202 g/mol. The molecule has 15 heavy (non-hydrogen) atoms. The van der Waals surface area contributed by atoms with Crippen LogP contribution in [0.1, 0.15) is 47.0 Å². The van der Waals surface area contributed by atoms with Crippen LogP contribution < -0.4 is 0 Å². The molecule has 0 radical (unpaired) electrons. The molecule has 0 amide bonds. The van der Waals surface area contributed by atoms with Crippen molar-refractivity contribution < 1.29 is 4.53 Å². The third-order valence-corrected chi connectivity index (χ3v) is 3.77. The minimum atomic E-state index is -1.50. The Morgan fingerprint density at radius 3 is 1.67 bits per heavy atom. The summed E-state index contributed by atoms with van der Waals surface area (Å²) in [4.78, 5) is 0. The van der Waals surface area contributed by atoms with Crippen molar-refractivity contribution in [2.75, 3.05) is 0 Å². The van der Waals surface area contributed by atoms with Crippen molar-refractivity contribution >= 4 is 8.32 Å². The zero-order valence-electron chi connectivity index (χ0n) is 11.5. The van der Waals surface area contributed by atoms with Crippen molar-refractivity contribution in [1.29, 1.82) is 0 Å². The van der Waals surface area contributed by atoms with E-state index >= 15 is 0 Å². The van der Waals surface area contributed by atoms with Crippen molar-refractivity contribution in [3.05, 3.63) is 0 Å². The van der Waals surface area contributed by atoms with Crippen LogP contribution in [0.25, 0.3) is 0 Å². The Morgan fingerprint density at radius 2 is 1.33 bits per heavy atom. The molecule has 1 heterocycles. The van der Waals surface area contributed by atoms with Crippen LogP contribution in [0.4, 0.5) is 0 Å². The number of hydrogen-bond acceptors (Lipinski definition) is 2. The van der Waals surface area contributed by atoms with E-state index in [0.29, 0.717) is 0 Å². The molecule has 0 unspecified atom stereocenters. The summed E-state index contributed by atoms with van der Waals surface area (Å²) < 4.78 is 6.28. The van der Waals surface area contributed by atoms with E-state index in [1.165, 1.54) is 19.3 Å². The maximum absolute atomic E-state index is 6.28. The molecule has 0 aromatic carbocycles. The van der Waals surface area contributed by atoms with E-state index in [0.717, 1.165) is 0 Å². The first-order valence-corrected chi connectivity index (χ1v) is 9.45. The second kappa shape index (κ2) is 3.86. The molecule has 1 saturated heterocycles. The SMILES string of the molecule is CC1(C)CCCC(C)(C)N1O[Si](C)(C)C. The van der Waals surface area contributed by atoms with Crippen LogP contribution in [-0.4, -0.2) is 24.5 Å². The average molecular weight is 229 g/mol. The van der Waals surface area contributed by atoms with E-state index in [1.54, 1.807) is 0 Å². The first kappa shape index (κ1) is 13.2. The summed E-state index contributed by atoms with van der Waals surface area (Å²) in [5.74, 6) is 0. The molecule has 90 valence electrons. The first-order chi connectivity index (χ1) is 6.55. The number of hydroxylamine groups is 2. The van der Waals surface area contributed by atoms with Crippen LogP contribution in [0.2, 0.25) is 19.6 Å². The van der Waals surface area contributed by atoms with E-state index in [4.69, 9.17) is 4.53 Å². The molecule has 2 nitrogen and oxygen atoms in total. The third kappa shape index (κ3) is 3.30. The van der Waals surface area contributed by atoms with Crippen LogP contribution in [-0.2, 0) is 4.53 Å². The molecule has 1 rings (SSSR count). The Bertz CT molecular complexity index is 214. The number of nitrogens with zero attached hydrogens (tertiary/aromatic N) is 1. The van der Waals surface area contributed by atoms with Gasteiger partial charge in [-0.25, -0.2) is 0 Å². The van der Waals surface area contributed by atoms with Crippen LogP contribution in [0.15, 0.2) is 0 Å². The van der Waals surface area contributed by atoms with Gasteiger partial charge in [0, 0.05) is 11.1 Å². The van der Waals surface area contributed by atoms with Gasteiger partial charge in [0.2, 0.25) is 8.32 Å². The molecule has 0 N–H and O–H groups in total. The van der Waals surface area contributed by atoms with Gasteiger partial charge < -0.3 is 4.53 Å². The van der Waals surface area contributed by atoms with Crippen molar-refractivity contribution in [3.63, 3.8) is 0 Å². The van der Waals surface area contributed by atoms with Gasteiger partial charge in [0.1, 0.15) is 0 Å². The van der Waals surface area contributed by atoms with E-state index in [1.807, 2.05) is 0 Å². The summed E-state index contributed by atoms with van der Waals surface area (Å²) >= 11 is 0. The molecule has 0 aliphatic carbocycles. The summed E-state index contributed by atoms with van der Waals surface area (Å²) in [6.07, 6.45) is 3.79. The van der Waals surface area contributed by atoms with Crippen molar-refractivity contribution in [2.24, 2.45) is 0 Å². The van der Waals surface area contributed by atoms with E-state index in [-0.39, 0.29) is 11.1 Å². The maximum atomic E-state index is 6.28. The lowest BCUT2D eigenvalue weighted by Crippen LogP contribution is -2.61. The highest BCUT2D eigenvalue weighted by molar-refractivity contribution is 6.69. The van der Waals surface area contributed by atoms with Crippen LogP contribution in [0.3, 0.4) is 0 Å². The van der Waals surface area contributed by atoms with Crippen molar-refractivity contribution in [1.82, 2.24) is 5.06 Å². The summed E-state index contributed by atoms with van der Waals surface area (Å²) in [7, 11) is -1.50. The van der Waals surface area contributed by atoms with Gasteiger partial charge in [-0.05, 0) is 66.6 Å². The largest absolute Gasteiger partial charge is 0.342 e. The van der Waals surface area contributed by atoms with E-state index in [9.17, 15) is 0 Å². The molecule has 0 spiro atoms. The molecule has 0 atom stereocenters. The van der Waals surface area contributed by atoms with Gasteiger partial charge in [0.25, 0.3) is 0 Å². The fourth-order valence-electron chi connectivity index (χ4n) is 2.50. The Labute approximate surface area is 96.1 Å². The molecule has 0 aromatic rings. The van der Waals surface area contributed by atoms with Gasteiger partial charge in [-0.2, -0.15) is 5.06 Å². The molecule has 1 aliphatic heterocycles. The lowest BCUT2D eigenvalue weighted by atomic mass is 9.82. The Balaban J connectivity index is 2.87. The zero-order chi connectivity index (χ0) is 11.9. The molecule has 3 heteroatoms. The Morgan fingerprint density at radius 1 is 0.933 bits per heavy atom. The Hall–Kier alpha value is 0.137. The highest BCUT2D eigenvalue weighted by atomic mass is 28.4. The van der Waals surface area contributed by atoms with E-state index < -0.39 is 8.32 Å². The lowest BCUT2D eigenvalue weighted by Gasteiger charge is -2.53. The number of rotatable bonds is 2. The molecule has 1 fully saturated rings. The monoisotopic (exact) mass is 229 g/mol. The second-order valence-electron chi connectivity index (χ2n) is 6.98. The highest BCUT2D eigenvalue weighted by Gasteiger charge is 2.44. The average Bonchev–Trinajstić information content (AvgIpc) is 1.95. The number of piperidine rings is 1. The lowest BCUT2D eigenvalue weighted by molar-refractivity contribution is -0.224. The smallest absolute Gasteiger partial charge is 0.212 e. The summed E-state index contributed by atoms with van der Waals surface area (Å²) in [5.41, 5.74) is 0.365. The fraction of sp³-hybridized carbons (Fsp3) is 1.00. The molecule has 1 aliphatic rings. The third-order valence-electron chi connectivity index (χ3n) is 3.04. The second-order valence-corrected chi connectivity index (χ2v) is 11.4. The first-order valence-electron chi connectivity index (χ1n) is 6.04. The summed E-state index contributed by atoms with van der Waals surface area (Å²) in [5, 5.41) is 2.29. The van der Waals surface area contributed by atoms with Crippen LogP contribution >= 0.6 is 0 Å². The minimum Gasteiger partial charge on any atom is -0.342 e. The van der Waals surface area contributed by atoms with Gasteiger partial charge in [-0.1, -0.05) is 0 Å². The van der Waals surface area contributed by atoms with Crippen molar-refractivity contribution in [2.45, 2.75) is 77.7 Å². The van der Waals surface area contributed by atoms with Gasteiger partial charge in [0.05, 0.1) is 0 Å². The fourth-order valence-corrected chi connectivity index (χ4v) is 3.54. The quantitative estimate of drug-likeness (QED) is 0.668. The predicted octanol–water partition coefficient (Wildman–Crippen LogP) is 3.80. The Kier molecular flexibility index (Phi) is 3.40. The van der Waals surface area contributed by atoms with E-state index in [2.05, 4.69) is 52.4 Å². The normalized spacial score (nSPS) is 26.6. The summed E-state index contributed by atoms with van der Waals surface area (Å²) in [6, 6.07) is 0. The van der Waals surface area contributed by atoms with Gasteiger partial charge in [-0.15, -0.1) is 0 Å². The van der Waals surface area contributed by atoms with Crippen LogP contribution in [0.5, 0.6) is 0 Å². The van der Waals surface area contributed by atoms with Crippen LogP contribution in [0, 0.1) is 0 Å². The highest BCUT2D eigenvalue weighted by Crippen LogP contribution is 2.39. The van der Waals surface area contributed by atoms with Gasteiger partial charge in [0.15, 0.2) is 0 Å².